The van der Waals surface area contributed by atoms with Gasteiger partial charge in [0.15, 0.2) is 0 Å². The number of carbonyl (C=O) groups is 1. The first-order chi connectivity index (χ1) is 12.1. The molecule has 0 bridgehead atoms. The van der Waals surface area contributed by atoms with Crippen molar-refractivity contribution in [3.8, 4) is 0 Å². The molecule has 0 fully saturated rings. The smallest absolute Gasteiger partial charge is 0.224 e. The lowest BCUT2D eigenvalue weighted by atomic mass is 10.0. The van der Waals surface area contributed by atoms with Crippen molar-refractivity contribution < 1.29 is 9.90 Å². The van der Waals surface area contributed by atoms with E-state index in [1.807, 2.05) is 30.3 Å². The number of aliphatic hydroxyl groups excluding tert-OH is 1. The van der Waals surface area contributed by atoms with Crippen LogP contribution in [0.5, 0.6) is 0 Å². The first-order valence-electron chi connectivity index (χ1n) is 8.88. The zero-order valence-electron chi connectivity index (χ0n) is 14.6. The molecule has 0 radical (unpaired) electrons. The largest absolute Gasteiger partial charge is 0.389 e. The Morgan fingerprint density at radius 2 is 2.24 bits per heavy atom. The van der Waals surface area contributed by atoms with Crippen molar-refractivity contribution in [2.75, 3.05) is 18.4 Å². The van der Waals surface area contributed by atoms with E-state index in [9.17, 15) is 9.90 Å². The maximum Gasteiger partial charge on any atom is 0.224 e. The average molecular weight is 339 g/mol. The summed E-state index contributed by atoms with van der Waals surface area (Å²) in [4.78, 5) is 16.7. The van der Waals surface area contributed by atoms with E-state index in [0.717, 1.165) is 42.0 Å². The predicted octanol–water partition coefficient (Wildman–Crippen LogP) is 2.39. The van der Waals surface area contributed by atoms with Crippen molar-refractivity contribution >= 4 is 11.7 Å². The van der Waals surface area contributed by atoms with Crippen molar-refractivity contribution in [1.82, 2.24) is 10.3 Å². The highest BCUT2D eigenvalue weighted by molar-refractivity contribution is 5.78. The molecule has 3 rings (SSSR count). The number of hydrogen-bond donors (Lipinski definition) is 3. The Morgan fingerprint density at radius 3 is 3.08 bits per heavy atom. The Morgan fingerprint density at radius 1 is 1.36 bits per heavy atom. The third-order valence-electron chi connectivity index (χ3n) is 4.45. The standard InChI is InChI=1S/C20H25N3O2/c1-14(24)17-5-2-4-15(12-17)13-19(25)21-11-9-18-8-7-16-6-3-10-22-20(16)23-18/h2,4-5,7-8,12,14,24H,3,6,9-11,13H2,1H3,(H,21,25)(H,22,23). The van der Waals surface area contributed by atoms with Gasteiger partial charge in [-0.1, -0.05) is 30.3 Å². The van der Waals surface area contributed by atoms with Crippen molar-refractivity contribution in [3.63, 3.8) is 0 Å². The molecule has 3 N–H and O–H groups in total. The van der Waals surface area contributed by atoms with Gasteiger partial charge < -0.3 is 15.7 Å². The molecule has 0 spiro atoms. The van der Waals surface area contributed by atoms with Crippen LogP contribution in [0, 0.1) is 0 Å². The molecule has 1 atom stereocenters. The summed E-state index contributed by atoms with van der Waals surface area (Å²) >= 11 is 0. The molecule has 2 heterocycles. The third-order valence-corrected chi connectivity index (χ3v) is 4.45. The Labute approximate surface area is 148 Å². The molecule has 0 aliphatic carbocycles. The van der Waals surface area contributed by atoms with Gasteiger partial charge >= 0.3 is 0 Å². The summed E-state index contributed by atoms with van der Waals surface area (Å²) in [7, 11) is 0. The molecule has 0 saturated heterocycles. The number of amides is 1. The van der Waals surface area contributed by atoms with Gasteiger partial charge in [-0.15, -0.1) is 0 Å². The zero-order chi connectivity index (χ0) is 17.6. The Kier molecular flexibility index (Phi) is 5.66. The van der Waals surface area contributed by atoms with Gasteiger partial charge in [-0.25, -0.2) is 4.98 Å². The molecule has 5 nitrogen and oxygen atoms in total. The molecule has 25 heavy (non-hydrogen) atoms. The molecule has 0 saturated carbocycles. The maximum atomic E-state index is 12.1. The minimum Gasteiger partial charge on any atom is -0.389 e. The van der Waals surface area contributed by atoms with Crippen molar-refractivity contribution in [2.45, 2.75) is 38.7 Å². The third kappa shape index (κ3) is 4.79. The molecule has 1 aliphatic rings. The van der Waals surface area contributed by atoms with Crippen LogP contribution in [-0.2, 0) is 24.1 Å². The van der Waals surface area contributed by atoms with Crippen LogP contribution in [0.3, 0.4) is 0 Å². The number of benzene rings is 1. The molecule has 5 heteroatoms. The van der Waals surface area contributed by atoms with Gasteiger partial charge in [0.25, 0.3) is 0 Å². The lowest BCUT2D eigenvalue weighted by molar-refractivity contribution is -0.120. The van der Waals surface area contributed by atoms with Crippen LogP contribution in [0.1, 0.15) is 41.8 Å². The van der Waals surface area contributed by atoms with E-state index in [1.165, 1.54) is 5.56 Å². The SMILES string of the molecule is CC(O)c1cccc(CC(=O)NCCc2ccc3c(n2)NCCC3)c1. The fourth-order valence-electron chi connectivity index (χ4n) is 3.05. The molecular formula is C20H25N3O2. The number of aromatic nitrogens is 1. The quantitative estimate of drug-likeness (QED) is 0.755. The second-order valence-corrected chi connectivity index (χ2v) is 6.54. The highest BCUT2D eigenvalue weighted by Crippen LogP contribution is 2.19. The van der Waals surface area contributed by atoms with E-state index in [1.54, 1.807) is 6.92 Å². The number of fused-ring (bicyclic) bond motifs is 1. The van der Waals surface area contributed by atoms with Crippen molar-refractivity contribution in [1.29, 1.82) is 0 Å². The number of anilines is 1. The maximum absolute atomic E-state index is 12.1. The van der Waals surface area contributed by atoms with E-state index in [0.29, 0.717) is 19.4 Å². The van der Waals surface area contributed by atoms with Crippen molar-refractivity contribution in [2.24, 2.45) is 0 Å². The molecule has 1 aliphatic heterocycles. The summed E-state index contributed by atoms with van der Waals surface area (Å²) in [6, 6.07) is 11.7. The zero-order valence-corrected chi connectivity index (χ0v) is 14.6. The lowest BCUT2D eigenvalue weighted by Gasteiger charge is -2.17. The topological polar surface area (TPSA) is 74.2 Å². The van der Waals surface area contributed by atoms with Gasteiger partial charge in [0, 0.05) is 25.2 Å². The summed E-state index contributed by atoms with van der Waals surface area (Å²) in [6.07, 6.45) is 2.75. The number of nitrogens with one attached hydrogen (secondary N) is 2. The van der Waals surface area contributed by atoms with E-state index in [2.05, 4.69) is 21.7 Å². The molecule has 1 amide bonds. The second kappa shape index (κ2) is 8.12. The average Bonchev–Trinajstić information content (AvgIpc) is 2.62. The van der Waals surface area contributed by atoms with E-state index in [4.69, 9.17) is 0 Å². The summed E-state index contributed by atoms with van der Waals surface area (Å²) in [5.74, 6) is 0.976. The number of aliphatic hydroxyl groups is 1. The van der Waals surface area contributed by atoms with Gasteiger partial charge in [0.2, 0.25) is 5.91 Å². The van der Waals surface area contributed by atoms with E-state index >= 15 is 0 Å². The monoisotopic (exact) mass is 339 g/mol. The van der Waals surface area contributed by atoms with E-state index < -0.39 is 6.10 Å². The summed E-state index contributed by atoms with van der Waals surface area (Å²) in [5.41, 5.74) is 4.00. The molecule has 2 aromatic rings. The minimum atomic E-state index is -0.522. The Balaban J connectivity index is 1.49. The summed E-state index contributed by atoms with van der Waals surface area (Å²) in [6.45, 7) is 3.27. The van der Waals surface area contributed by atoms with Gasteiger partial charge in [-0.05, 0) is 42.5 Å². The van der Waals surface area contributed by atoms with Gasteiger partial charge in [0.05, 0.1) is 12.5 Å². The first-order valence-corrected chi connectivity index (χ1v) is 8.88. The Bertz CT molecular complexity index is 743. The normalized spacial score (nSPS) is 14.3. The molecule has 1 aromatic carbocycles. The number of aryl methyl sites for hydroxylation is 1. The van der Waals surface area contributed by atoms with Crippen LogP contribution >= 0.6 is 0 Å². The number of pyridine rings is 1. The molecule has 1 aromatic heterocycles. The van der Waals surface area contributed by atoms with Crippen LogP contribution in [0.2, 0.25) is 0 Å². The van der Waals surface area contributed by atoms with Gasteiger partial charge in [-0.3, -0.25) is 4.79 Å². The number of rotatable bonds is 6. The second-order valence-electron chi connectivity index (χ2n) is 6.54. The number of carbonyl (C=O) groups excluding carboxylic acids is 1. The van der Waals surface area contributed by atoms with Gasteiger partial charge in [-0.2, -0.15) is 0 Å². The summed E-state index contributed by atoms with van der Waals surface area (Å²) < 4.78 is 0. The number of hydrogen-bond acceptors (Lipinski definition) is 4. The highest BCUT2D eigenvalue weighted by atomic mass is 16.3. The minimum absolute atomic E-state index is 0.0150. The van der Waals surface area contributed by atoms with Crippen molar-refractivity contribution in [3.05, 3.63) is 58.8 Å². The fraction of sp³-hybridized carbons (Fsp3) is 0.400. The summed E-state index contributed by atoms with van der Waals surface area (Å²) in [5, 5.41) is 15.9. The lowest BCUT2D eigenvalue weighted by Crippen LogP contribution is -2.27. The molecule has 1 unspecified atom stereocenters. The van der Waals surface area contributed by atoms with Crippen LogP contribution < -0.4 is 10.6 Å². The Hall–Kier alpha value is -2.40. The highest BCUT2D eigenvalue weighted by Gasteiger charge is 2.10. The molecule has 132 valence electrons. The van der Waals surface area contributed by atoms with Crippen LogP contribution in [0.25, 0.3) is 0 Å². The van der Waals surface area contributed by atoms with Crippen LogP contribution in [-0.4, -0.2) is 29.1 Å². The van der Waals surface area contributed by atoms with Crippen LogP contribution in [0.4, 0.5) is 5.82 Å². The number of nitrogens with zero attached hydrogens (tertiary/aromatic N) is 1. The fourth-order valence-corrected chi connectivity index (χ4v) is 3.05. The van der Waals surface area contributed by atoms with Gasteiger partial charge in [0.1, 0.15) is 5.82 Å². The molecular weight excluding hydrogens is 314 g/mol. The first kappa shape index (κ1) is 17.4. The van der Waals surface area contributed by atoms with E-state index in [-0.39, 0.29) is 5.91 Å². The predicted molar refractivity (Wildman–Crippen MR) is 98.5 cm³/mol. The van der Waals surface area contributed by atoms with Crippen LogP contribution in [0.15, 0.2) is 36.4 Å².